The number of aromatic nitrogens is 2. The molecule has 1 saturated carbocycles. The van der Waals surface area contributed by atoms with Crippen LogP contribution in [0.15, 0.2) is 6.20 Å². The van der Waals surface area contributed by atoms with Gasteiger partial charge < -0.3 is 5.32 Å². The van der Waals surface area contributed by atoms with Gasteiger partial charge in [0.05, 0.1) is 4.92 Å². The Kier molecular flexibility index (Phi) is 4.68. The normalized spacial score (nSPS) is 14.7. The third kappa shape index (κ3) is 3.66. The first kappa shape index (κ1) is 15.2. The van der Waals surface area contributed by atoms with E-state index in [0.29, 0.717) is 11.2 Å². The molecule has 1 aliphatic rings. The third-order valence-corrected chi connectivity index (χ3v) is 3.53. The van der Waals surface area contributed by atoms with Crippen molar-refractivity contribution in [1.82, 2.24) is 25.9 Å². The lowest BCUT2D eigenvalue weighted by atomic mass is 10.3. The van der Waals surface area contributed by atoms with Crippen LogP contribution in [0.3, 0.4) is 0 Å². The molecule has 2 rings (SSSR count). The first-order valence-electron chi connectivity index (χ1n) is 6.52. The molecule has 10 heteroatoms. The van der Waals surface area contributed by atoms with Gasteiger partial charge in [0.15, 0.2) is 5.11 Å². The second-order valence-electron chi connectivity index (χ2n) is 4.79. The van der Waals surface area contributed by atoms with E-state index in [1.807, 2.05) is 0 Å². The molecule has 1 aliphatic carbocycles. The maximum Gasteiger partial charge on any atom is 0.320 e. The fraction of sp³-hybridized carbons (Fsp3) is 0.545. The Morgan fingerprint density at radius 1 is 1.48 bits per heavy atom. The Morgan fingerprint density at radius 2 is 2.14 bits per heavy atom. The molecule has 0 bridgehead atoms. The van der Waals surface area contributed by atoms with Crippen LogP contribution in [0, 0.1) is 10.1 Å². The summed E-state index contributed by atoms with van der Waals surface area (Å²) >= 11 is 5.06. The lowest BCUT2D eigenvalue weighted by molar-refractivity contribution is -0.385. The highest BCUT2D eigenvalue weighted by Gasteiger charge is 2.25. The van der Waals surface area contributed by atoms with E-state index in [1.54, 1.807) is 0 Å². The summed E-state index contributed by atoms with van der Waals surface area (Å²) in [5.74, 6) is -0.669. The molecule has 1 aromatic rings. The molecule has 21 heavy (non-hydrogen) atoms. The van der Waals surface area contributed by atoms with Crippen molar-refractivity contribution in [3.63, 3.8) is 0 Å². The van der Waals surface area contributed by atoms with Crippen LogP contribution in [0.4, 0.5) is 5.69 Å². The van der Waals surface area contributed by atoms with Crippen LogP contribution in [0.5, 0.6) is 0 Å². The van der Waals surface area contributed by atoms with E-state index in [-0.39, 0.29) is 11.4 Å². The number of nitrogens with zero attached hydrogens (tertiary/aromatic N) is 3. The molecular formula is C11H16N6O3S. The minimum atomic E-state index is -0.669. The molecule has 0 spiro atoms. The monoisotopic (exact) mass is 312 g/mol. The number of carbonyl (C=O) groups is 1. The zero-order chi connectivity index (χ0) is 15.4. The summed E-state index contributed by atoms with van der Waals surface area (Å²) in [5, 5.41) is 17.9. The Hall–Kier alpha value is -2.23. The number of aryl methyl sites for hydroxylation is 1. The largest absolute Gasteiger partial charge is 0.359 e. The molecule has 0 unspecified atom stereocenters. The molecule has 114 valence electrons. The maximum absolute atomic E-state index is 12.0. The summed E-state index contributed by atoms with van der Waals surface area (Å²) < 4.78 is 1.14. The summed E-state index contributed by atoms with van der Waals surface area (Å²) in [5.41, 5.74) is 4.39. The molecule has 0 radical (unpaired) electrons. The number of nitrogens with one attached hydrogen (secondary N) is 3. The fourth-order valence-corrected chi connectivity index (χ4v) is 2.50. The van der Waals surface area contributed by atoms with E-state index >= 15 is 0 Å². The van der Waals surface area contributed by atoms with Crippen molar-refractivity contribution in [3.8, 4) is 0 Å². The number of hydrogen-bond donors (Lipinski definition) is 3. The summed E-state index contributed by atoms with van der Waals surface area (Å²) in [6, 6.07) is 0.313. The summed E-state index contributed by atoms with van der Waals surface area (Å²) in [7, 11) is 1.46. The number of rotatable bonds is 3. The molecule has 0 atom stereocenters. The van der Waals surface area contributed by atoms with E-state index in [0.717, 1.165) is 36.6 Å². The van der Waals surface area contributed by atoms with Crippen molar-refractivity contribution in [1.29, 1.82) is 0 Å². The van der Waals surface area contributed by atoms with Crippen LogP contribution in [0.1, 0.15) is 36.2 Å². The Morgan fingerprint density at radius 3 is 2.76 bits per heavy atom. The topological polar surface area (TPSA) is 114 Å². The first-order chi connectivity index (χ1) is 9.99. The summed E-state index contributed by atoms with van der Waals surface area (Å²) in [6.45, 7) is 0. The third-order valence-electron chi connectivity index (χ3n) is 3.31. The lowest BCUT2D eigenvalue weighted by Gasteiger charge is -2.15. The highest BCUT2D eigenvalue weighted by atomic mass is 32.1. The van der Waals surface area contributed by atoms with Gasteiger partial charge in [0, 0.05) is 13.1 Å². The highest BCUT2D eigenvalue weighted by Crippen LogP contribution is 2.17. The van der Waals surface area contributed by atoms with E-state index < -0.39 is 10.8 Å². The van der Waals surface area contributed by atoms with Crippen LogP contribution in [-0.4, -0.2) is 31.8 Å². The van der Waals surface area contributed by atoms with Gasteiger partial charge in [-0.1, -0.05) is 12.8 Å². The van der Waals surface area contributed by atoms with Gasteiger partial charge in [-0.15, -0.1) is 0 Å². The SMILES string of the molecule is Cn1ncc([N+](=O)[O-])c1C(=O)NNC(=S)NC1CCCC1. The number of hydrazine groups is 1. The van der Waals surface area contributed by atoms with E-state index in [9.17, 15) is 14.9 Å². The second kappa shape index (κ2) is 6.48. The van der Waals surface area contributed by atoms with Gasteiger partial charge in [-0.05, 0) is 25.1 Å². The summed E-state index contributed by atoms with van der Waals surface area (Å²) in [4.78, 5) is 22.1. The quantitative estimate of drug-likeness (QED) is 0.420. The summed E-state index contributed by atoms with van der Waals surface area (Å²) in [6.07, 6.45) is 5.44. The highest BCUT2D eigenvalue weighted by molar-refractivity contribution is 7.80. The predicted molar refractivity (Wildman–Crippen MR) is 78.5 cm³/mol. The van der Waals surface area contributed by atoms with Crippen LogP contribution < -0.4 is 16.2 Å². The molecule has 3 N–H and O–H groups in total. The van der Waals surface area contributed by atoms with Gasteiger partial charge in [0.25, 0.3) is 5.91 Å². The number of hydrogen-bond acceptors (Lipinski definition) is 5. The predicted octanol–water partition coefficient (Wildman–Crippen LogP) is 0.380. The smallest absolute Gasteiger partial charge is 0.320 e. The minimum absolute atomic E-state index is 0.142. The molecule has 1 heterocycles. The van der Waals surface area contributed by atoms with Crippen molar-refractivity contribution < 1.29 is 9.72 Å². The average Bonchev–Trinajstić information content (AvgIpc) is 3.05. The molecule has 1 amide bonds. The van der Waals surface area contributed by atoms with Gasteiger partial charge >= 0.3 is 5.69 Å². The molecule has 0 saturated heterocycles. The zero-order valence-corrected chi connectivity index (χ0v) is 12.3. The Balaban J connectivity index is 1.91. The van der Waals surface area contributed by atoms with Gasteiger partial charge in [-0.25, -0.2) is 0 Å². The molecule has 1 aromatic heterocycles. The van der Waals surface area contributed by atoms with Gasteiger partial charge in [0.1, 0.15) is 6.20 Å². The number of carbonyl (C=O) groups excluding carboxylic acids is 1. The van der Waals surface area contributed by atoms with Crippen LogP contribution >= 0.6 is 12.2 Å². The van der Waals surface area contributed by atoms with Crippen molar-refractivity contribution in [2.24, 2.45) is 7.05 Å². The zero-order valence-electron chi connectivity index (χ0n) is 11.5. The first-order valence-corrected chi connectivity index (χ1v) is 6.93. The Labute approximate surface area is 126 Å². The molecule has 9 nitrogen and oxygen atoms in total. The van der Waals surface area contributed by atoms with Crippen LogP contribution in [0.2, 0.25) is 0 Å². The molecule has 0 aliphatic heterocycles. The van der Waals surface area contributed by atoms with Gasteiger partial charge in [-0.3, -0.25) is 30.4 Å². The van der Waals surface area contributed by atoms with E-state index in [1.165, 1.54) is 7.05 Å². The van der Waals surface area contributed by atoms with Crippen LogP contribution in [0.25, 0.3) is 0 Å². The van der Waals surface area contributed by atoms with Crippen molar-refractivity contribution in [2.45, 2.75) is 31.7 Å². The lowest BCUT2D eigenvalue weighted by Crippen LogP contribution is -2.49. The number of nitro groups is 1. The van der Waals surface area contributed by atoms with Gasteiger partial charge in [-0.2, -0.15) is 5.10 Å². The number of amides is 1. The average molecular weight is 312 g/mol. The molecule has 0 aromatic carbocycles. The second-order valence-corrected chi connectivity index (χ2v) is 5.20. The maximum atomic E-state index is 12.0. The Bertz CT molecular complexity index is 566. The van der Waals surface area contributed by atoms with Crippen molar-refractivity contribution in [2.75, 3.05) is 0 Å². The number of thiocarbonyl (C=S) groups is 1. The van der Waals surface area contributed by atoms with E-state index in [2.05, 4.69) is 21.3 Å². The van der Waals surface area contributed by atoms with E-state index in [4.69, 9.17) is 12.2 Å². The molecule has 1 fully saturated rings. The molecular weight excluding hydrogens is 296 g/mol. The van der Waals surface area contributed by atoms with Crippen LogP contribution in [-0.2, 0) is 7.05 Å². The fourth-order valence-electron chi connectivity index (χ4n) is 2.29. The minimum Gasteiger partial charge on any atom is -0.359 e. The van der Waals surface area contributed by atoms with Crippen molar-refractivity contribution in [3.05, 3.63) is 22.0 Å². The van der Waals surface area contributed by atoms with Crippen molar-refractivity contribution >= 4 is 28.9 Å². The standard InChI is InChI=1S/C11H16N6O3S/c1-16-9(8(6-12-16)17(19)20)10(18)14-15-11(21)13-7-4-2-3-5-7/h6-7H,2-5H2,1H3,(H,14,18)(H2,13,15,21). The van der Waals surface area contributed by atoms with Gasteiger partial charge in [0.2, 0.25) is 5.69 Å².